The number of halogens is 2. The molecule has 0 aliphatic heterocycles. The van der Waals surface area contributed by atoms with Crippen LogP contribution >= 0.6 is 58.9 Å². The molecule has 0 bridgehead atoms. The molecule has 0 heterocycles. The molecular weight excluding hydrogens is 419 g/mol. The van der Waals surface area contributed by atoms with Crippen LogP contribution in [0.15, 0.2) is 60.7 Å². The van der Waals surface area contributed by atoms with Crippen molar-refractivity contribution < 1.29 is 0 Å². The van der Waals surface area contributed by atoms with Crippen molar-refractivity contribution in [1.29, 1.82) is 0 Å². The molecule has 140 valence electrons. The van der Waals surface area contributed by atoms with Crippen molar-refractivity contribution in [2.75, 3.05) is 23.3 Å². The molecule has 0 saturated heterocycles. The van der Waals surface area contributed by atoms with Crippen LogP contribution in [0.1, 0.15) is 35.8 Å². The molecule has 0 amide bonds. The summed E-state index contributed by atoms with van der Waals surface area (Å²) in [5.41, 5.74) is 2.69. The van der Waals surface area contributed by atoms with Crippen molar-refractivity contribution in [3.8, 4) is 0 Å². The molecule has 0 nitrogen and oxygen atoms in total. The Bertz CT molecular complexity index is 579. The minimum atomic E-state index is 0.449. The van der Waals surface area contributed by atoms with E-state index in [0.717, 1.165) is 27.9 Å². The topological polar surface area (TPSA) is 0 Å². The first-order chi connectivity index (χ1) is 12.7. The minimum Gasteiger partial charge on any atom is -0.127 e. The highest BCUT2D eigenvalue weighted by molar-refractivity contribution is 8.47. The van der Waals surface area contributed by atoms with Crippen molar-refractivity contribution in [2.45, 2.75) is 24.7 Å². The van der Waals surface area contributed by atoms with Gasteiger partial charge < -0.3 is 0 Å². The summed E-state index contributed by atoms with van der Waals surface area (Å²) in [7, 11) is 0. The summed E-state index contributed by atoms with van der Waals surface area (Å²) >= 11 is 21.2. The number of hydrogen-bond donors (Lipinski definition) is 0. The van der Waals surface area contributed by atoms with Gasteiger partial charge in [-0.1, -0.05) is 72.9 Å². The lowest BCUT2D eigenvalue weighted by molar-refractivity contribution is 0.750. The van der Waals surface area contributed by atoms with Crippen LogP contribution in [0.3, 0.4) is 0 Å². The molecule has 0 aliphatic carbocycles. The number of thioether (sulfide) groups is 2. The molecule has 5 heteroatoms. The largest absolute Gasteiger partial charge is 0.127 e. The number of thiocarbonyl (C=S) groups is 1. The zero-order valence-corrected chi connectivity index (χ0v) is 18.6. The summed E-state index contributed by atoms with van der Waals surface area (Å²) < 4.78 is 1.01. The smallest absolute Gasteiger partial charge is 0.104 e. The van der Waals surface area contributed by atoms with E-state index in [9.17, 15) is 0 Å². The molecule has 0 saturated carbocycles. The van der Waals surface area contributed by atoms with Gasteiger partial charge in [0.25, 0.3) is 0 Å². The van der Waals surface area contributed by atoms with Crippen LogP contribution in [0, 0.1) is 0 Å². The van der Waals surface area contributed by atoms with E-state index in [2.05, 4.69) is 60.7 Å². The van der Waals surface area contributed by atoms with Crippen LogP contribution in [-0.2, 0) is 0 Å². The molecule has 0 fully saturated rings. The minimum absolute atomic E-state index is 0.449. The maximum absolute atomic E-state index is 6.01. The molecule has 0 radical (unpaired) electrons. The van der Waals surface area contributed by atoms with Crippen LogP contribution in [-0.4, -0.2) is 26.8 Å². The van der Waals surface area contributed by atoms with E-state index in [1.807, 2.05) is 0 Å². The van der Waals surface area contributed by atoms with E-state index < -0.39 is 0 Å². The second-order valence-corrected chi connectivity index (χ2v) is 10.0. The van der Waals surface area contributed by atoms with Gasteiger partial charge >= 0.3 is 0 Å². The average Bonchev–Trinajstić information content (AvgIpc) is 2.69. The Morgan fingerprint density at radius 1 is 0.731 bits per heavy atom. The van der Waals surface area contributed by atoms with Crippen molar-refractivity contribution in [1.82, 2.24) is 0 Å². The van der Waals surface area contributed by atoms with Crippen molar-refractivity contribution in [3.05, 3.63) is 71.8 Å². The Morgan fingerprint density at radius 2 is 1.12 bits per heavy atom. The molecule has 0 N–H and O–H groups in total. The van der Waals surface area contributed by atoms with Gasteiger partial charge in [-0.15, -0.1) is 46.7 Å². The fourth-order valence-electron chi connectivity index (χ4n) is 2.79. The van der Waals surface area contributed by atoms with Gasteiger partial charge in [0.1, 0.15) is 3.53 Å². The predicted octanol–water partition coefficient (Wildman–Crippen LogP) is 7.56. The highest BCUT2D eigenvalue weighted by Gasteiger charge is 2.15. The maximum atomic E-state index is 6.01. The zero-order valence-electron chi connectivity index (χ0n) is 14.7. The summed E-state index contributed by atoms with van der Waals surface area (Å²) in [6.07, 6.45) is 1.95. The summed E-state index contributed by atoms with van der Waals surface area (Å²) in [5.74, 6) is 4.20. The van der Waals surface area contributed by atoms with E-state index in [1.165, 1.54) is 11.1 Å². The molecule has 0 aromatic heterocycles. The van der Waals surface area contributed by atoms with Crippen molar-refractivity contribution in [3.63, 3.8) is 0 Å². The van der Waals surface area contributed by atoms with Crippen LogP contribution in [0.2, 0.25) is 0 Å². The summed E-state index contributed by atoms with van der Waals surface area (Å²) in [5, 5.41) is 0. The summed E-state index contributed by atoms with van der Waals surface area (Å²) in [6.45, 7) is 0. The van der Waals surface area contributed by atoms with Gasteiger partial charge in [0.2, 0.25) is 0 Å². The van der Waals surface area contributed by atoms with Crippen molar-refractivity contribution in [2.24, 2.45) is 0 Å². The monoisotopic (exact) mass is 442 g/mol. The summed E-state index contributed by atoms with van der Waals surface area (Å²) in [4.78, 5) is 0. The van der Waals surface area contributed by atoms with E-state index >= 15 is 0 Å². The second kappa shape index (κ2) is 13.1. The van der Waals surface area contributed by atoms with E-state index in [4.69, 9.17) is 35.4 Å². The molecule has 2 aromatic carbocycles. The fourth-order valence-corrected chi connectivity index (χ4v) is 5.85. The molecule has 0 aliphatic rings. The first-order valence-electron chi connectivity index (χ1n) is 8.76. The highest BCUT2D eigenvalue weighted by atomic mass is 35.5. The van der Waals surface area contributed by atoms with Crippen LogP contribution in [0.4, 0.5) is 0 Å². The van der Waals surface area contributed by atoms with Gasteiger partial charge in [-0.25, -0.2) is 0 Å². The average molecular weight is 444 g/mol. The summed E-state index contributed by atoms with van der Waals surface area (Å²) in [6, 6.07) is 21.2. The van der Waals surface area contributed by atoms with Gasteiger partial charge in [0.15, 0.2) is 0 Å². The number of rotatable bonds is 10. The van der Waals surface area contributed by atoms with Crippen LogP contribution < -0.4 is 0 Å². The Morgan fingerprint density at radius 3 is 1.46 bits per heavy atom. The maximum Gasteiger partial charge on any atom is 0.104 e. The molecule has 2 unspecified atom stereocenters. The molecule has 2 rings (SSSR count). The third kappa shape index (κ3) is 7.82. The molecular formula is C21H24Cl2S3. The SMILES string of the molecule is S=C(SCC(CCCl)c1ccccc1)SCC(CCCl)c1ccccc1. The fraction of sp³-hybridized carbons (Fsp3) is 0.381. The van der Waals surface area contributed by atoms with Crippen LogP contribution in [0.25, 0.3) is 0 Å². The molecule has 0 spiro atoms. The molecule has 26 heavy (non-hydrogen) atoms. The quantitative estimate of drug-likeness (QED) is 0.275. The van der Waals surface area contributed by atoms with E-state index in [-0.39, 0.29) is 0 Å². The third-order valence-electron chi connectivity index (χ3n) is 4.26. The normalized spacial score (nSPS) is 13.3. The van der Waals surface area contributed by atoms with E-state index in [0.29, 0.717) is 23.6 Å². The number of hydrogen-bond acceptors (Lipinski definition) is 3. The Labute approximate surface area is 181 Å². The Kier molecular flexibility index (Phi) is 11.1. The van der Waals surface area contributed by atoms with Gasteiger partial charge in [-0.2, -0.15) is 0 Å². The molecule has 2 atom stereocenters. The predicted molar refractivity (Wildman–Crippen MR) is 127 cm³/mol. The first-order valence-corrected chi connectivity index (χ1v) is 12.2. The van der Waals surface area contributed by atoms with Gasteiger partial charge in [0.05, 0.1) is 0 Å². The third-order valence-corrected chi connectivity index (χ3v) is 7.72. The zero-order chi connectivity index (χ0) is 18.6. The van der Waals surface area contributed by atoms with E-state index in [1.54, 1.807) is 23.5 Å². The van der Waals surface area contributed by atoms with Crippen LogP contribution in [0.5, 0.6) is 0 Å². The molecule has 2 aromatic rings. The Hall–Kier alpha value is -0.190. The van der Waals surface area contributed by atoms with Gasteiger partial charge in [0, 0.05) is 23.3 Å². The number of alkyl halides is 2. The van der Waals surface area contributed by atoms with Gasteiger partial charge in [-0.3, -0.25) is 0 Å². The second-order valence-electron chi connectivity index (χ2n) is 6.04. The Balaban J connectivity index is 1.84. The first kappa shape index (κ1) is 22.1. The van der Waals surface area contributed by atoms with Gasteiger partial charge in [-0.05, 0) is 35.8 Å². The number of benzene rings is 2. The lowest BCUT2D eigenvalue weighted by Gasteiger charge is -2.18. The lowest BCUT2D eigenvalue weighted by Crippen LogP contribution is -2.06. The van der Waals surface area contributed by atoms with Crippen molar-refractivity contribution >= 4 is 62.5 Å². The lowest BCUT2D eigenvalue weighted by atomic mass is 9.99. The standard InChI is InChI=1S/C21H24Cl2S3/c22-13-11-19(17-7-3-1-4-8-17)15-25-21(24)26-16-20(12-14-23)18-9-5-2-6-10-18/h1-10,19-20H,11-16H2. The highest BCUT2D eigenvalue weighted by Crippen LogP contribution is 2.31.